The predicted molar refractivity (Wildman–Crippen MR) is 155 cm³/mol. The molecule has 4 aromatic rings. The molecule has 204 valence electrons. The van der Waals surface area contributed by atoms with Crippen LogP contribution in [0.25, 0.3) is 11.3 Å². The Morgan fingerprint density at radius 2 is 1.75 bits per heavy atom. The number of aromatic nitrogens is 3. The molecule has 4 heterocycles. The molecular formula is C30H31N7O3. The molecule has 2 aromatic heterocycles. The summed E-state index contributed by atoms with van der Waals surface area (Å²) in [5, 5.41) is 12.0. The molecule has 0 saturated carbocycles. The fourth-order valence-corrected chi connectivity index (χ4v) is 5.35. The van der Waals surface area contributed by atoms with Crippen LogP contribution in [0.4, 0.5) is 17.2 Å². The summed E-state index contributed by atoms with van der Waals surface area (Å²) in [5.74, 6) is 0.629. The van der Waals surface area contributed by atoms with Crippen molar-refractivity contribution in [3.8, 4) is 11.3 Å². The van der Waals surface area contributed by atoms with E-state index in [2.05, 4.69) is 5.32 Å². The van der Waals surface area contributed by atoms with Crippen molar-refractivity contribution in [1.29, 1.82) is 5.41 Å². The minimum absolute atomic E-state index is 0.0296. The van der Waals surface area contributed by atoms with Gasteiger partial charge in [-0.15, -0.1) is 0 Å². The number of nitrogens with one attached hydrogen (secondary N) is 2. The molecule has 0 aliphatic carbocycles. The molecule has 0 radical (unpaired) electrons. The Morgan fingerprint density at radius 1 is 0.975 bits per heavy atom. The van der Waals surface area contributed by atoms with E-state index < -0.39 is 0 Å². The first-order chi connectivity index (χ1) is 19.4. The molecule has 0 atom stereocenters. The minimum atomic E-state index is -0.253. The third-order valence-corrected chi connectivity index (χ3v) is 7.52. The highest BCUT2D eigenvalue weighted by molar-refractivity contribution is 6.08. The topological polar surface area (TPSA) is 108 Å². The molecule has 40 heavy (non-hydrogen) atoms. The lowest BCUT2D eigenvalue weighted by molar-refractivity contribution is 0.0303. The summed E-state index contributed by atoms with van der Waals surface area (Å²) in [4.78, 5) is 34.3. The van der Waals surface area contributed by atoms with Gasteiger partial charge in [0, 0.05) is 68.6 Å². The number of amides is 1. The van der Waals surface area contributed by atoms with E-state index in [0.717, 1.165) is 28.9 Å². The number of carbonyl (C=O) groups excluding carboxylic acids is 1. The summed E-state index contributed by atoms with van der Waals surface area (Å²) in [6.07, 6.45) is 4.46. The smallest absolute Gasteiger partial charge is 0.293 e. The average molecular weight is 538 g/mol. The summed E-state index contributed by atoms with van der Waals surface area (Å²) in [7, 11) is 3.65. The van der Waals surface area contributed by atoms with Crippen LogP contribution in [0.1, 0.15) is 21.6 Å². The highest BCUT2D eigenvalue weighted by Crippen LogP contribution is 2.36. The molecular weight excluding hydrogens is 506 g/mol. The van der Waals surface area contributed by atoms with E-state index in [1.54, 1.807) is 42.4 Å². The summed E-state index contributed by atoms with van der Waals surface area (Å²) in [5.41, 5.74) is 5.55. The maximum atomic E-state index is 13.0. The molecule has 6 rings (SSSR count). The Balaban J connectivity index is 1.27. The Morgan fingerprint density at radius 3 is 2.48 bits per heavy atom. The zero-order chi connectivity index (χ0) is 27.8. The van der Waals surface area contributed by atoms with Crippen molar-refractivity contribution in [2.75, 3.05) is 43.1 Å². The number of benzene rings is 2. The van der Waals surface area contributed by atoms with Crippen LogP contribution in [-0.2, 0) is 25.3 Å². The minimum Gasteiger partial charge on any atom is -0.378 e. The van der Waals surface area contributed by atoms with Gasteiger partial charge in [-0.2, -0.15) is 0 Å². The maximum absolute atomic E-state index is 13.0. The van der Waals surface area contributed by atoms with Gasteiger partial charge in [0.2, 0.25) is 0 Å². The van der Waals surface area contributed by atoms with Gasteiger partial charge in [-0.3, -0.25) is 15.0 Å². The molecule has 10 heteroatoms. The molecule has 1 saturated heterocycles. The first kappa shape index (κ1) is 25.6. The van der Waals surface area contributed by atoms with Crippen molar-refractivity contribution in [3.63, 3.8) is 0 Å². The first-order valence-corrected chi connectivity index (χ1v) is 13.3. The van der Waals surface area contributed by atoms with E-state index in [1.165, 1.54) is 4.57 Å². The monoisotopic (exact) mass is 537 g/mol. The number of ether oxygens (including phenoxy) is 1. The van der Waals surface area contributed by atoms with Crippen LogP contribution >= 0.6 is 0 Å². The van der Waals surface area contributed by atoms with Crippen molar-refractivity contribution in [1.82, 2.24) is 19.0 Å². The zero-order valence-electron chi connectivity index (χ0n) is 22.6. The lowest BCUT2D eigenvalue weighted by Gasteiger charge is -2.26. The third kappa shape index (κ3) is 4.66. The molecule has 1 amide bonds. The summed E-state index contributed by atoms with van der Waals surface area (Å²) < 4.78 is 8.81. The average Bonchev–Trinajstić information content (AvgIpc) is 3.62. The van der Waals surface area contributed by atoms with E-state index >= 15 is 0 Å². The maximum Gasteiger partial charge on any atom is 0.293 e. The van der Waals surface area contributed by atoms with E-state index in [4.69, 9.17) is 15.1 Å². The Bertz CT molecular complexity index is 1650. The van der Waals surface area contributed by atoms with Gasteiger partial charge in [0.05, 0.1) is 24.6 Å². The van der Waals surface area contributed by atoms with E-state index in [9.17, 15) is 9.59 Å². The molecule has 0 bridgehead atoms. The van der Waals surface area contributed by atoms with Crippen LogP contribution in [0.2, 0.25) is 0 Å². The van der Waals surface area contributed by atoms with Crippen molar-refractivity contribution < 1.29 is 9.53 Å². The fourth-order valence-electron chi connectivity index (χ4n) is 5.35. The standard InChI is InChI=1S/C30H31N7O3/c1-34-13-4-7-26(34)27(31)37-14-12-23-22(5-3-6-25(23)37)24-19-35(2)30(39)28(33-24)32-21-10-8-20(9-11-21)29(38)36-15-17-40-18-16-36/h3-11,13,19,31H,12,14-18H2,1-2H3,(H,32,33). The van der Waals surface area contributed by atoms with Crippen LogP contribution in [0, 0.1) is 5.41 Å². The molecule has 2 aliphatic rings. The van der Waals surface area contributed by atoms with Crippen LogP contribution in [-0.4, -0.2) is 63.6 Å². The lowest BCUT2D eigenvalue weighted by atomic mass is 10.0. The Kier molecular flexibility index (Phi) is 6.69. The van der Waals surface area contributed by atoms with Gasteiger partial charge in [0.1, 0.15) is 5.84 Å². The zero-order valence-corrected chi connectivity index (χ0v) is 22.6. The Labute approximate surface area is 232 Å². The predicted octanol–water partition coefficient (Wildman–Crippen LogP) is 3.39. The van der Waals surface area contributed by atoms with Crippen molar-refractivity contribution >= 4 is 28.9 Å². The number of anilines is 3. The van der Waals surface area contributed by atoms with Gasteiger partial charge in [-0.1, -0.05) is 12.1 Å². The summed E-state index contributed by atoms with van der Waals surface area (Å²) in [6.45, 7) is 2.96. The van der Waals surface area contributed by atoms with Gasteiger partial charge >= 0.3 is 0 Å². The van der Waals surface area contributed by atoms with E-state index in [0.29, 0.717) is 55.6 Å². The van der Waals surface area contributed by atoms with Crippen LogP contribution in [0.5, 0.6) is 0 Å². The number of carbonyl (C=O) groups is 1. The highest BCUT2D eigenvalue weighted by Gasteiger charge is 2.27. The molecule has 10 nitrogen and oxygen atoms in total. The summed E-state index contributed by atoms with van der Waals surface area (Å²) in [6, 6.07) is 17.0. The summed E-state index contributed by atoms with van der Waals surface area (Å²) >= 11 is 0. The van der Waals surface area contributed by atoms with Gasteiger partial charge < -0.3 is 29.0 Å². The third-order valence-electron chi connectivity index (χ3n) is 7.52. The number of morpholine rings is 1. The van der Waals surface area contributed by atoms with Crippen LogP contribution < -0.4 is 15.8 Å². The van der Waals surface area contributed by atoms with Crippen molar-refractivity contribution in [3.05, 3.63) is 94.2 Å². The SMILES string of the molecule is Cn1cccc1C(=N)N1CCc2c(-c3cn(C)c(=O)c(Nc4ccc(C(=O)N5CCOCC5)cc4)n3)cccc21. The second-order valence-electron chi connectivity index (χ2n) is 10.1. The normalized spacial score (nSPS) is 14.8. The van der Waals surface area contributed by atoms with Gasteiger partial charge in [-0.05, 0) is 54.4 Å². The largest absolute Gasteiger partial charge is 0.378 e. The van der Waals surface area contributed by atoms with Crippen LogP contribution in [0.15, 0.2) is 71.8 Å². The van der Waals surface area contributed by atoms with E-state index in [1.807, 2.05) is 53.0 Å². The number of hydrogen-bond donors (Lipinski definition) is 2. The second kappa shape index (κ2) is 10.5. The molecule has 2 aromatic carbocycles. The fraction of sp³-hybridized carbons (Fsp3) is 0.267. The number of nitrogens with zero attached hydrogens (tertiary/aromatic N) is 5. The number of amidine groups is 1. The number of hydrogen-bond acceptors (Lipinski definition) is 6. The molecule has 2 aliphatic heterocycles. The molecule has 1 fully saturated rings. The second-order valence-corrected chi connectivity index (χ2v) is 10.1. The van der Waals surface area contributed by atoms with Gasteiger partial charge in [0.15, 0.2) is 5.82 Å². The molecule has 0 spiro atoms. The van der Waals surface area contributed by atoms with Crippen molar-refractivity contribution in [2.45, 2.75) is 6.42 Å². The quantitative estimate of drug-likeness (QED) is 0.299. The number of rotatable bonds is 5. The van der Waals surface area contributed by atoms with Gasteiger partial charge in [0.25, 0.3) is 11.5 Å². The van der Waals surface area contributed by atoms with Crippen LogP contribution in [0.3, 0.4) is 0 Å². The lowest BCUT2D eigenvalue weighted by Crippen LogP contribution is -2.40. The van der Waals surface area contributed by atoms with Gasteiger partial charge in [-0.25, -0.2) is 4.98 Å². The first-order valence-electron chi connectivity index (χ1n) is 13.3. The molecule has 2 N–H and O–H groups in total. The highest BCUT2D eigenvalue weighted by atomic mass is 16.5. The van der Waals surface area contributed by atoms with Crippen molar-refractivity contribution in [2.24, 2.45) is 14.1 Å². The Hall–Kier alpha value is -4.70. The number of aryl methyl sites for hydroxylation is 2. The van der Waals surface area contributed by atoms with E-state index in [-0.39, 0.29) is 17.3 Å². The number of fused-ring (bicyclic) bond motifs is 1. The molecule has 0 unspecified atom stereocenters.